The van der Waals surface area contributed by atoms with Crippen LogP contribution in [0.15, 0.2) is 85.3 Å². The molecule has 5 rings (SSSR count). The predicted octanol–water partition coefficient (Wildman–Crippen LogP) is 5.21. The van der Waals surface area contributed by atoms with Crippen molar-refractivity contribution in [3.05, 3.63) is 90.9 Å². The SMILES string of the molecule is c1ccc(-c2ccc(N3CCSCC3)c(-c3ccn(Cc4cccnc4)n3)c2)cc1. The first-order chi connectivity index (χ1) is 14.9. The van der Waals surface area contributed by atoms with Crippen molar-refractivity contribution in [1.29, 1.82) is 0 Å². The second-order valence-electron chi connectivity index (χ2n) is 7.46. The molecule has 150 valence electrons. The largest absolute Gasteiger partial charge is 0.369 e. The zero-order valence-electron chi connectivity index (χ0n) is 16.8. The highest BCUT2D eigenvalue weighted by molar-refractivity contribution is 7.99. The molecule has 4 aromatic rings. The Morgan fingerprint density at radius 2 is 1.73 bits per heavy atom. The Morgan fingerprint density at radius 1 is 0.867 bits per heavy atom. The van der Waals surface area contributed by atoms with Gasteiger partial charge in [-0.25, -0.2) is 0 Å². The molecule has 0 radical (unpaired) electrons. The van der Waals surface area contributed by atoms with Crippen LogP contribution in [0.5, 0.6) is 0 Å². The Hall–Kier alpha value is -3.05. The number of hydrogen-bond acceptors (Lipinski definition) is 4. The topological polar surface area (TPSA) is 34.0 Å². The van der Waals surface area contributed by atoms with Gasteiger partial charge in [0, 0.05) is 54.4 Å². The summed E-state index contributed by atoms with van der Waals surface area (Å²) in [7, 11) is 0. The Morgan fingerprint density at radius 3 is 2.53 bits per heavy atom. The van der Waals surface area contributed by atoms with Crippen molar-refractivity contribution in [3.63, 3.8) is 0 Å². The zero-order valence-corrected chi connectivity index (χ0v) is 17.6. The van der Waals surface area contributed by atoms with Gasteiger partial charge in [-0.15, -0.1) is 0 Å². The van der Waals surface area contributed by atoms with Gasteiger partial charge in [0.05, 0.1) is 12.2 Å². The van der Waals surface area contributed by atoms with E-state index in [-0.39, 0.29) is 0 Å². The van der Waals surface area contributed by atoms with Crippen molar-refractivity contribution < 1.29 is 0 Å². The van der Waals surface area contributed by atoms with E-state index in [0.29, 0.717) is 0 Å². The molecule has 0 unspecified atom stereocenters. The van der Waals surface area contributed by atoms with E-state index < -0.39 is 0 Å². The van der Waals surface area contributed by atoms with Gasteiger partial charge in [-0.3, -0.25) is 9.67 Å². The molecule has 3 heterocycles. The molecule has 0 amide bonds. The maximum absolute atomic E-state index is 4.92. The van der Waals surface area contributed by atoms with Crippen LogP contribution in [0, 0.1) is 0 Å². The molecule has 30 heavy (non-hydrogen) atoms. The smallest absolute Gasteiger partial charge is 0.0944 e. The summed E-state index contributed by atoms with van der Waals surface area (Å²) in [6.07, 6.45) is 5.76. The van der Waals surface area contributed by atoms with E-state index in [2.05, 4.69) is 76.7 Å². The summed E-state index contributed by atoms with van der Waals surface area (Å²) >= 11 is 2.03. The van der Waals surface area contributed by atoms with Crippen molar-refractivity contribution >= 4 is 17.4 Å². The summed E-state index contributed by atoms with van der Waals surface area (Å²) in [5.41, 5.74) is 7.11. The van der Waals surface area contributed by atoms with Crippen LogP contribution in [-0.4, -0.2) is 39.4 Å². The minimum Gasteiger partial charge on any atom is -0.369 e. The molecule has 1 fully saturated rings. The van der Waals surface area contributed by atoms with E-state index in [9.17, 15) is 0 Å². The highest BCUT2D eigenvalue weighted by Crippen LogP contribution is 2.35. The summed E-state index contributed by atoms with van der Waals surface area (Å²) in [5, 5.41) is 4.92. The van der Waals surface area contributed by atoms with Crippen LogP contribution in [0.2, 0.25) is 0 Å². The van der Waals surface area contributed by atoms with Crippen LogP contribution in [0.4, 0.5) is 5.69 Å². The summed E-state index contributed by atoms with van der Waals surface area (Å²) in [5.74, 6) is 2.35. The normalized spacial score (nSPS) is 14.1. The van der Waals surface area contributed by atoms with Gasteiger partial charge in [-0.2, -0.15) is 16.9 Å². The predicted molar refractivity (Wildman–Crippen MR) is 126 cm³/mol. The maximum Gasteiger partial charge on any atom is 0.0944 e. The lowest BCUT2D eigenvalue weighted by molar-refractivity contribution is 0.687. The number of nitrogens with zero attached hydrogens (tertiary/aromatic N) is 4. The molecule has 0 spiro atoms. The molecule has 0 saturated carbocycles. The summed E-state index contributed by atoms with van der Waals surface area (Å²) < 4.78 is 2.00. The molecular weight excluding hydrogens is 388 g/mol. The van der Waals surface area contributed by atoms with Gasteiger partial charge in [-0.05, 0) is 41.0 Å². The second-order valence-corrected chi connectivity index (χ2v) is 8.68. The molecule has 0 bridgehead atoms. The average Bonchev–Trinajstić information content (AvgIpc) is 3.29. The molecular formula is C25H24N4S. The minimum atomic E-state index is 0.724. The molecule has 1 aliphatic rings. The number of rotatable bonds is 5. The van der Waals surface area contributed by atoms with Crippen LogP contribution in [-0.2, 0) is 6.54 Å². The molecule has 5 heteroatoms. The minimum absolute atomic E-state index is 0.724. The highest BCUT2D eigenvalue weighted by atomic mass is 32.2. The van der Waals surface area contributed by atoms with Crippen molar-refractivity contribution in [2.24, 2.45) is 0 Å². The molecule has 1 aliphatic heterocycles. The van der Waals surface area contributed by atoms with Gasteiger partial charge < -0.3 is 4.90 Å². The molecule has 1 saturated heterocycles. The van der Waals surface area contributed by atoms with E-state index in [1.54, 1.807) is 6.20 Å². The van der Waals surface area contributed by atoms with Gasteiger partial charge in [0.25, 0.3) is 0 Å². The monoisotopic (exact) mass is 412 g/mol. The van der Waals surface area contributed by atoms with Crippen LogP contribution in [0.25, 0.3) is 22.4 Å². The van der Waals surface area contributed by atoms with Gasteiger partial charge in [0.2, 0.25) is 0 Å². The number of hydrogen-bond donors (Lipinski definition) is 0. The number of pyridine rings is 1. The Balaban J connectivity index is 1.53. The lowest BCUT2D eigenvalue weighted by Crippen LogP contribution is -2.32. The Bertz CT molecular complexity index is 1100. The summed E-state index contributed by atoms with van der Waals surface area (Å²) in [4.78, 5) is 6.72. The Kier molecular flexibility index (Phi) is 5.53. The third-order valence-corrected chi connectivity index (χ3v) is 6.38. The number of anilines is 1. The third kappa shape index (κ3) is 4.12. The number of thioether (sulfide) groups is 1. The van der Waals surface area contributed by atoms with Gasteiger partial charge in [0.15, 0.2) is 0 Å². The second kappa shape index (κ2) is 8.76. The third-order valence-electron chi connectivity index (χ3n) is 5.44. The van der Waals surface area contributed by atoms with Crippen LogP contribution < -0.4 is 4.90 Å². The molecule has 0 aliphatic carbocycles. The fraction of sp³-hybridized carbons (Fsp3) is 0.200. The lowest BCUT2D eigenvalue weighted by atomic mass is 9.99. The first-order valence-electron chi connectivity index (χ1n) is 10.3. The van der Waals surface area contributed by atoms with E-state index in [4.69, 9.17) is 5.10 Å². The quantitative estimate of drug-likeness (QED) is 0.450. The average molecular weight is 413 g/mol. The van der Waals surface area contributed by atoms with E-state index in [1.165, 1.54) is 33.9 Å². The highest BCUT2D eigenvalue weighted by Gasteiger charge is 2.18. The Labute approximate surface area is 181 Å². The fourth-order valence-electron chi connectivity index (χ4n) is 3.90. The fourth-order valence-corrected chi connectivity index (χ4v) is 4.81. The standard InChI is InChI=1S/C25H24N4S/c1-2-6-21(7-3-1)22-8-9-25(28-13-15-30-16-14-28)23(17-22)24-10-12-29(27-24)19-20-5-4-11-26-18-20/h1-12,17-18H,13-16,19H2. The van der Waals surface area contributed by atoms with E-state index >= 15 is 0 Å². The molecule has 4 nitrogen and oxygen atoms in total. The van der Waals surface area contributed by atoms with Crippen molar-refractivity contribution in [3.8, 4) is 22.4 Å². The zero-order chi connectivity index (χ0) is 20.2. The van der Waals surface area contributed by atoms with Crippen LogP contribution in [0.1, 0.15) is 5.56 Å². The summed E-state index contributed by atoms with van der Waals surface area (Å²) in [6, 6.07) is 23.6. The molecule has 2 aromatic carbocycles. The maximum atomic E-state index is 4.92. The first kappa shape index (κ1) is 18.9. The van der Waals surface area contributed by atoms with Crippen molar-refractivity contribution in [2.75, 3.05) is 29.5 Å². The lowest BCUT2D eigenvalue weighted by Gasteiger charge is -2.30. The molecule has 0 atom stereocenters. The van der Waals surface area contributed by atoms with E-state index in [1.807, 2.05) is 28.7 Å². The van der Waals surface area contributed by atoms with Gasteiger partial charge >= 0.3 is 0 Å². The molecule has 0 N–H and O–H groups in total. The van der Waals surface area contributed by atoms with Crippen LogP contribution >= 0.6 is 11.8 Å². The van der Waals surface area contributed by atoms with Crippen molar-refractivity contribution in [2.45, 2.75) is 6.54 Å². The van der Waals surface area contributed by atoms with Gasteiger partial charge in [0.1, 0.15) is 0 Å². The first-order valence-corrected chi connectivity index (χ1v) is 11.5. The van der Waals surface area contributed by atoms with E-state index in [0.717, 1.165) is 30.9 Å². The van der Waals surface area contributed by atoms with Crippen molar-refractivity contribution in [1.82, 2.24) is 14.8 Å². The van der Waals surface area contributed by atoms with Crippen LogP contribution in [0.3, 0.4) is 0 Å². The van der Waals surface area contributed by atoms with Gasteiger partial charge in [-0.1, -0.05) is 42.5 Å². The molecule has 2 aromatic heterocycles. The number of aromatic nitrogens is 3. The summed E-state index contributed by atoms with van der Waals surface area (Å²) in [6.45, 7) is 2.89. The number of benzene rings is 2.